The number of hydrogen-bond donors (Lipinski definition) is 3. The summed E-state index contributed by atoms with van der Waals surface area (Å²) in [6.45, 7) is 8.78. The summed E-state index contributed by atoms with van der Waals surface area (Å²) in [6.07, 6.45) is 0.836. The van der Waals surface area contributed by atoms with Gasteiger partial charge in [0.05, 0.1) is 7.11 Å². The van der Waals surface area contributed by atoms with Gasteiger partial charge in [0.15, 0.2) is 17.5 Å². The molecule has 5 nitrogen and oxygen atoms in total. The van der Waals surface area contributed by atoms with Crippen molar-refractivity contribution in [2.24, 2.45) is 10.9 Å². The molecular weight excluding hydrogens is 266 g/mol. The first-order chi connectivity index (χ1) is 10.1. The zero-order chi connectivity index (χ0) is 15.7. The first-order valence-electron chi connectivity index (χ1n) is 7.44. The molecule has 0 atom stereocenters. The lowest BCUT2D eigenvalue weighted by Crippen LogP contribution is -2.38. The highest BCUT2D eigenvalue weighted by molar-refractivity contribution is 5.79. The Hall–Kier alpha value is -1.91. The minimum absolute atomic E-state index is 0.168. The molecule has 0 aromatic heterocycles. The fraction of sp³-hybridized carbons (Fsp3) is 0.562. The van der Waals surface area contributed by atoms with E-state index in [1.54, 1.807) is 13.2 Å². The van der Waals surface area contributed by atoms with Crippen LogP contribution in [-0.2, 0) is 6.42 Å². The summed E-state index contributed by atoms with van der Waals surface area (Å²) in [4.78, 5) is 4.52. The number of rotatable bonds is 7. The van der Waals surface area contributed by atoms with Crippen LogP contribution in [0, 0.1) is 5.92 Å². The lowest BCUT2D eigenvalue weighted by Gasteiger charge is -2.12. The average molecular weight is 293 g/mol. The van der Waals surface area contributed by atoms with Gasteiger partial charge in [0, 0.05) is 19.6 Å². The second-order valence-electron chi connectivity index (χ2n) is 5.30. The number of methoxy groups -OCH3 is 1. The van der Waals surface area contributed by atoms with E-state index in [0.717, 1.165) is 37.6 Å². The molecular formula is C16H27N3O2. The van der Waals surface area contributed by atoms with Gasteiger partial charge in [-0.2, -0.15) is 0 Å². The predicted octanol–water partition coefficient (Wildman–Crippen LogP) is 2.15. The SMILES string of the molecule is CCNC(=NCC(C)C)NCCc1ccc(O)c(OC)c1. The summed E-state index contributed by atoms with van der Waals surface area (Å²) in [5.41, 5.74) is 1.11. The molecule has 1 aromatic carbocycles. The molecule has 0 radical (unpaired) electrons. The van der Waals surface area contributed by atoms with E-state index in [9.17, 15) is 5.11 Å². The maximum Gasteiger partial charge on any atom is 0.191 e. The number of phenolic OH excluding ortho intramolecular Hbond substituents is 1. The largest absolute Gasteiger partial charge is 0.504 e. The Labute approximate surface area is 127 Å². The van der Waals surface area contributed by atoms with Crippen LogP contribution < -0.4 is 15.4 Å². The average Bonchev–Trinajstić information content (AvgIpc) is 2.46. The van der Waals surface area contributed by atoms with Gasteiger partial charge in [-0.3, -0.25) is 4.99 Å². The van der Waals surface area contributed by atoms with Gasteiger partial charge in [-0.15, -0.1) is 0 Å². The van der Waals surface area contributed by atoms with Crippen molar-refractivity contribution in [3.8, 4) is 11.5 Å². The van der Waals surface area contributed by atoms with Gasteiger partial charge in [-0.1, -0.05) is 19.9 Å². The van der Waals surface area contributed by atoms with E-state index in [1.807, 2.05) is 12.1 Å². The topological polar surface area (TPSA) is 65.9 Å². The molecule has 0 saturated carbocycles. The maximum absolute atomic E-state index is 9.57. The summed E-state index contributed by atoms with van der Waals surface area (Å²) in [5, 5.41) is 16.1. The Morgan fingerprint density at radius 1 is 1.33 bits per heavy atom. The number of guanidine groups is 1. The molecule has 0 aliphatic heterocycles. The van der Waals surface area contributed by atoms with Crippen molar-refractivity contribution in [3.05, 3.63) is 23.8 Å². The lowest BCUT2D eigenvalue weighted by molar-refractivity contribution is 0.373. The van der Waals surface area contributed by atoms with E-state index in [0.29, 0.717) is 11.7 Å². The monoisotopic (exact) mass is 293 g/mol. The number of nitrogens with zero attached hydrogens (tertiary/aromatic N) is 1. The van der Waals surface area contributed by atoms with E-state index in [1.165, 1.54) is 0 Å². The van der Waals surface area contributed by atoms with Gasteiger partial charge < -0.3 is 20.5 Å². The van der Waals surface area contributed by atoms with Crippen LogP contribution in [0.3, 0.4) is 0 Å². The van der Waals surface area contributed by atoms with Crippen molar-refractivity contribution in [1.29, 1.82) is 0 Å². The van der Waals surface area contributed by atoms with Crippen LogP contribution in [0.2, 0.25) is 0 Å². The predicted molar refractivity (Wildman–Crippen MR) is 87.2 cm³/mol. The lowest BCUT2D eigenvalue weighted by atomic mass is 10.1. The molecule has 1 rings (SSSR count). The van der Waals surface area contributed by atoms with Gasteiger partial charge in [-0.25, -0.2) is 0 Å². The quantitative estimate of drug-likeness (QED) is 0.532. The highest BCUT2D eigenvalue weighted by Gasteiger charge is 2.03. The van der Waals surface area contributed by atoms with E-state index in [-0.39, 0.29) is 5.75 Å². The fourth-order valence-electron chi connectivity index (χ4n) is 1.82. The molecule has 1 aromatic rings. The molecule has 0 unspecified atom stereocenters. The van der Waals surface area contributed by atoms with Crippen LogP contribution in [0.25, 0.3) is 0 Å². The van der Waals surface area contributed by atoms with Crippen molar-refractivity contribution in [2.45, 2.75) is 27.2 Å². The molecule has 3 N–H and O–H groups in total. The Balaban J connectivity index is 2.51. The Kier molecular flexibility index (Phi) is 7.43. The van der Waals surface area contributed by atoms with Crippen LogP contribution >= 0.6 is 0 Å². The van der Waals surface area contributed by atoms with Crippen molar-refractivity contribution in [3.63, 3.8) is 0 Å². The molecule has 21 heavy (non-hydrogen) atoms. The van der Waals surface area contributed by atoms with Gasteiger partial charge >= 0.3 is 0 Å². The third-order valence-corrected chi connectivity index (χ3v) is 2.91. The Morgan fingerprint density at radius 2 is 2.10 bits per heavy atom. The molecule has 0 heterocycles. The van der Waals surface area contributed by atoms with Crippen LogP contribution in [0.15, 0.2) is 23.2 Å². The number of aromatic hydroxyl groups is 1. The highest BCUT2D eigenvalue weighted by Crippen LogP contribution is 2.26. The van der Waals surface area contributed by atoms with E-state index in [2.05, 4.69) is 36.4 Å². The molecule has 0 aliphatic rings. The first-order valence-corrected chi connectivity index (χ1v) is 7.44. The summed E-state index contributed by atoms with van der Waals surface area (Å²) in [5.74, 6) is 2.06. The first kappa shape index (κ1) is 17.1. The number of nitrogens with one attached hydrogen (secondary N) is 2. The van der Waals surface area contributed by atoms with E-state index < -0.39 is 0 Å². The van der Waals surface area contributed by atoms with Crippen LogP contribution in [0.5, 0.6) is 11.5 Å². The van der Waals surface area contributed by atoms with Gasteiger partial charge in [-0.05, 0) is 37.0 Å². The maximum atomic E-state index is 9.57. The number of phenols is 1. The molecule has 5 heteroatoms. The molecule has 0 fully saturated rings. The molecule has 0 spiro atoms. The zero-order valence-corrected chi connectivity index (χ0v) is 13.4. The van der Waals surface area contributed by atoms with Gasteiger partial charge in [0.1, 0.15) is 0 Å². The van der Waals surface area contributed by atoms with E-state index >= 15 is 0 Å². The number of ether oxygens (including phenoxy) is 1. The molecule has 0 amide bonds. The second-order valence-corrected chi connectivity index (χ2v) is 5.30. The van der Waals surface area contributed by atoms with Crippen molar-refractivity contribution < 1.29 is 9.84 Å². The third-order valence-electron chi connectivity index (χ3n) is 2.91. The molecule has 118 valence electrons. The van der Waals surface area contributed by atoms with Crippen molar-refractivity contribution >= 4 is 5.96 Å². The fourth-order valence-corrected chi connectivity index (χ4v) is 1.82. The molecule has 0 saturated heterocycles. The van der Waals surface area contributed by atoms with Gasteiger partial charge in [0.2, 0.25) is 0 Å². The Bertz CT molecular complexity index is 459. The minimum Gasteiger partial charge on any atom is -0.504 e. The van der Waals surface area contributed by atoms with Crippen molar-refractivity contribution in [2.75, 3.05) is 26.7 Å². The van der Waals surface area contributed by atoms with Gasteiger partial charge in [0.25, 0.3) is 0 Å². The third kappa shape index (κ3) is 6.38. The van der Waals surface area contributed by atoms with Crippen LogP contribution in [0.1, 0.15) is 26.3 Å². The molecule has 0 bridgehead atoms. The highest BCUT2D eigenvalue weighted by atomic mass is 16.5. The number of hydrogen-bond acceptors (Lipinski definition) is 3. The summed E-state index contributed by atoms with van der Waals surface area (Å²) >= 11 is 0. The molecule has 0 aliphatic carbocycles. The summed E-state index contributed by atoms with van der Waals surface area (Å²) in [6, 6.07) is 5.42. The normalized spacial score (nSPS) is 11.6. The standard InChI is InChI=1S/C16H27N3O2/c1-5-17-16(19-11-12(2)3)18-9-8-13-6-7-14(20)15(10-13)21-4/h6-7,10,12,20H,5,8-9,11H2,1-4H3,(H2,17,18,19). The second kappa shape index (κ2) is 9.10. The van der Waals surface area contributed by atoms with E-state index in [4.69, 9.17) is 4.74 Å². The van der Waals surface area contributed by atoms with Crippen LogP contribution in [0.4, 0.5) is 0 Å². The number of aliphatic imine (C=N–C) groups is 1. The minimum atomic E-state index is 0.168. The Morgan fingerprint density at radius 3 is 2.71 bits per heavy atom. The summed E-state index contributed by atoms with van der Waals surface area (Å²) < 4.78 is 5.11. The summed E-state index contributed by atoms with van der Waals surface area (Å²) in [7, 11) is 1.55. The number of benzene rings is 1. The van der Waals surface area contributed by atoms with Crippen LogP contribution in [-0.4, -0.2) is 37.8 Å². The zero-order valence-electron chi connectivity index (χ0n) is 13.4. The smallest absolute Gasteiger partial charge is 0.191 e. The van der Waals surface area contributed by atoms with Crippen molar-refractivity contribution in [1.82, 2.24) is 10.6 Å².